The molecule has 26 heavy (non-hydrogen) atoms. The summed E-state index contributed by atoms with van der Waals surface area (Å²) in [6.07, 6.45) is 0.791. The van der Waals surface area contributed by atoms with E-state index in [9.17, 15) is 9.59 Å². The van der Waals surface area contributed by atoms with Gasteiger partial charge in [0.25, 0.3) is 0 Å². The van der Waals surface area contributed by atoms with Gasteiger partial charge in [-0.1, -0.05) is 42.5 Å². The molecule has 0 bridgehead atoms. The van der Waals surface area contributed by atoms with E-state index in [1.807, 2.05) is 42.5 Å². The lowest BCUT2D eigenvalue weighted by Gasteiger charge is -2.09. The van der Waals surface area contributed by atoms with Crippen LogP contribution in [0.5, 0.6) is 5.75 Å². The van der Waals surface area contributed by atoms with Gasteiger partial charge in [0.1, 0.15) is 5.75 Å². The van der Waals surface area contributed by atoms with Gasteiger partial charge in [0.15, 0.2) is 6.29 Å². The van der Waals surface area contributed by atoms with Crippen LogP contribution in [0.3, 0.4) is 0 Å². The number of carbonyl (C=O) groups excluding carboxylic acids is 2. The Balaban J connectivity index is 2.25. The Bertz CT molecular complexity index is 911. The molecule has 1 heterocycles. The molecule has 5 heteroatoms. The zero-order valence-electron chi connectivity index (χ0n) is 14.5. The van der Waals surface area contributed by atoms with Crippen LogP contribution in [0.2, 0.25) is 0 Å². The first-order valence-corrected chi connectivity index (χ1v) is 9.00. The molecule has 3 rings (SSSR count). The highest BCUT2D eigenvalue weighted by Crippen LogP contribution is 2.42. The van der Waals surface area contributed by atoms with Crippen molar-refractivity contribution in [3.63, 3.8) is 0 Å². The molecule has 0 aliphatic carbocycles. The highest BCUT2D eigenvalue weighted by Gasteiger charge is 2.26. The first-order valence-electron chi connectivity index (χ1n) is 8.18. The van der Waals surface area contributed by atoms with Gasteiger partial charge in [-0.05, 0) is 30.2 Å². The summed E-state index contributed by atoms with van der Waals surface area (Å²) in [4.78, 5) is 25.7. The van der Waals surface area contributed by atoms with Gasteiger partial charge in [0.05, 0.1) is 29.0 Å². The lowest BCUT2D eigenvalue weighted by molar-refractivity contribution is 0.0528. The molecule has 132 valence electrons. The molecule has 3 aromatic rings. The third-order valence-corrected chi connectivity index (χ3v) is 5.10. The molecular weight excluding hydrogens is 348 g/mol. The second-order valence-corrected chi connectivity index (χ2v) is 6.53. The van der Waals surface area contributed by atoms with E-state index in [2.05, 4.69) is 0 Å². The summed E-state index contributed by atoms with van der Waals surface area (Å²) < 4.78 is 10.5. The maximum atomic E-state index is 12.7. The Labute approximate surface area is 156 Å². The van der Waals surface area contributed by atoms with Gasteiger partial charge >= 0.3 is 5.97 Å². The van der Waals surface area contributed by atoms with Gasteiger partial charge in [-0.3, -0.25) is 4.79 Å². The summed E-state index contributed by atoms with van der Waals surface area (Å²) in [7, 11) is 1.59. The van der Waals surface area contributed by atoms with Crippen LogP contribution in [-0.4, -0.2) is 26.0 Å². The molecule has 0 saturated carbocycles. The first-order chi connectivity index (χ1) is 12.7. The van der Waals surface area contributed by atoms with Crippen molar-refractivity contribution in [3.8, 4) is 27.3 Å². The predicted molar refractivity (Wildman–Crippen MR) is 103 cm³/mol. The van der Waals surface area contributed by atoms with Crippen molar-refractivity contribution in [1.29, 1.82) is 0 Å². The van der Waals surface area contributed by atoms with E-state index in [0.29, 0.717) is 21.8 Å². The molecule has 0 fully saturated rings. The van der Waals surface area contributed by atoms with Gasteiger partial charge in [-0.2, -0.15) is 0 Å². The largest absolute Gasteiger partial charge is 0.497 e. The van der Waals surface area contributed by atoms with Crippen LogP contribution < -0.4 is 4.74 Å². The number of carbonyl (C=O) groups is 2. The second kappa shape index (κ2) is 7.97. The van der Waals surface area contributed by atoms with Crippen LogP contribution in [0.25, 0.3) is 21.6 Å². The number of hydrogen-bond donors (Lipinski definition) is 0. The minimum absolute atomic E-state index is 0.265. The highest BCUT2D eigenvalue weighted by molar-refractivity contribution is 7.18. The van der Waals surface area contributed by atoms with Gasteiger partial charge in [-0.15, -0.1) is 11.3 Å². The third kappa shape index (κ3) is 3.39. The van der Waals surface area contributed by atoms with Crippen LogP contribution in [0.4, 0.5) is 0 Å². The van der Waals surface area contributed by atoms with Crippen molar-refractivity contribution in [1.82, 2.24) is 0 Å². The van der Waals surface area contributed by atoms with Crippen LogP contribution in [-0.2, 0) is 4.74 Å². The van der Waals surface area contributed by atoms with Crippen molar-refractivity contribution in [2.75, 3.05) is 13.7 Å². The molecule has 0 aliphatic rings. The molecule has 2 aromatic carbocycles. The van der Waals surface area contributed by atoms with Gasteiger partial charge < -0.3 is 9.47 Å². The monoisotopic (exact) mass is 366 g/mol. The summed E-state index contributed by atoms with van der Waals surface area (Å²) in [5.41, 5.74) is 2.68. The average Bonchev–Trinajstić information content (AvgIpc) is 3.08. The van der Waals surface area contributed by atoms with Gasteiger partial charge in [0, 0.05) is 5.56 Å². The fourth-order valence-corrected chi connectivity index (χ4v) is 3.90. The number of esters is 1. The van der Waals surface area contributed by atoms with Gasteiger partial charge in [0.2, 0.25) is 0 Å². The Morgan fingerprint density at radius 1 is 1.04 bits per heavy atom. The number of benzene rings is 2. The second-order valence-electron chi connectivity index (χ2n) is 5.48. The summed E-state index contributed by atoms with van der Waals surface area (Å²) in [5.74, 6) is 0.277. The topological polar surface area (TPSA) is 52.6 Å². The summed E-state index contributed by atoms with van der Waals surface area (Å²) >= 11 is 1.30. The number of hydrogen-bond acceptors (Lipinski definition) is 5. The zero-order valence-corrected chi connectivity index (χ0v) is 15.3. The number of ether oxygens (including phenoxy) is 2. The molecule has 0 aliphatic heterocycles. The van der Waals surface area contributed by atoms with E-state index in [4.69, 9.17) is 9.47 Å². The van der Waals surface area contributed by atoms with E-state index in [1.165, 1.54) is 11.3 Å². The average molecular weight is 366 g/mol. The fraction of sp³-hybridized carbons (Fsp3) is 0.143. The van der Waals surface area contributed by atoms with E-state index in [0.717, 1.165) is 22.3 Å². The first kappa shape index (κ1) is 17.9. The quantitative estimate of drug-likeness (QED) is 0.451. The fourth-order valence-electron chi connectivity index (χ4n) is 2.77. The maximum absolute atomic E-state index is 12.7. The van der Waals surface area contributed by atoms with E-state index < -0.39 is 5.97 Å². The molecule has 0 amide bonds. The molecule has 0 saturated heterocycles. The zero-order chi connectivity index (χ0) is 18.5. The van der Waals surface area contributed by atoms with Gasteiger partial charge in [-0.25, -0.2) is 4.79 Å². The van der Waals surface area contributed by atoms with Crippen LogP contribution in [0.15, 0.2) is 54.6 Å². The molecule has 4 nitrogen and oxygen atoms in total. The lowest BCUT2D eigenvalue weighted by atomic mass is 9.98. The van der Waals surface area contributed by atoms with Crippen molar-refractivity contribution in [3.05, 3.63) is 65.0 Å². The number of methoxy groups -OCH3 is 1. The summed E-state index contributed by atoms with van der Waals surface area (Å²) in [6.45, 7) is 2.03. The highest BCUT2D eigenvalue weighted by atomic mass is 32.1. The van der Waals surface area contributed by atoms with Crippen LogP contribution in [0.1, 0.15) is 27.0 Å². The molecule has 0 radical (unpaired) electrons. The minimum atomic E-state index is -0.429. The van der Waals surface area contributed by atoms with Crippen molar-refractivity contribution in [2.24, 2.45) is 0 Å². The molecule has 0 N–H and O–H groups in total. The molecule has 1 aromatic heterocycles. The van der Waals surface area contributed by atoms with E-state index in [1.54, 1.807) is 26.2 Å². The lowest BCUT2D eigenvalue weighted by Crippen LogP contribution is -2.06. The molecule has 0 unspecified atom stereocenters. The van der Waals surface area contributed by atoms with Crippen molar-refractivity contribution >= 4 is 23.6 Å². The van der Waals surface area contributed by atoms with E-state index >= 15 is 0 Å². The third-order valence-electron chi connectivity index (χ3n) is 3.94. The molecule has 0 atom stereocenters. The number of thiophene rings is 1. The SMILES string of the molecule is CCOC(=O)c1c(-c2ccccc2)sc(C=O)c1-c1ccc(OC)cc1. The van der Waals surface area contributed by atoms with Crippen LogP contribution in [0, 0.1) is 0 Å². The van der Waals surface area contributed by atoms with Crippen LogP contribution >= 0.6 is 11.3 Å². The maximum Gasteiger partial charge on any atom is 0.340 e. The standard InChI is InChI=1S/C21H18O4S/c1-3-25-21(23)19-18(14-9-11-16(24-2)12-10-14)17(13-22)26-20(19)15-7-5-4-6-8-15/h4-13H,3H2,1-2H3. The minimum Gasteiger partial charge on any atom is -0.497 e. The van der Waals surface area contributed by atoms with Crippen molar-refractivity contribution in [2.45, 2.75) is 6.92 Å². The smallest absolute Gasteiger partial charge is 0.340 e. The molecule has 0 spiro atoms. The number of rotatable bonds is 6. The predicted octanol–water partition coefficient (Wildman–Crippen LogP) is 5.08. The normalized spacial score (nSPS) is 10.4. The Hall–Kier alpha value is -2.92. The Morgan fingerprint density at radius 3 is 2.31 bits per heavy atom. The van der Waals surface area contributed by atoms with E-state index in [-0.39, 0.29) is 6.61 Å². The van der Waals surface area contributed by atoms with Crippen molar-refractivity contribution < 1.29 is 19.1 Å². The Morgan fingerprint density at radius 2 is 1.73 bits per heavy atom. The number of aldehydes is 1. The Kier molecular flexibility index (Phi) is 5.49. The summed E-state index contributed by atoms with van der Waals surface area (Å²) in [5, 5.41) is 0. The summed E-state index contributed by atoms with van der Waals surface area (Å²) in [6, 6.07) is 16.8. The molecular formula is C21H18O4S.